The zero-order valence-electron chi connectivity index (χ0n) is 10.7. The minimum absolute atomic E-state index is 0.0293. The summed E-state index contributed by atoms with van der Waals surface area (Å²) in [6, 6.07) is 3.93. The summed E-state index contributed by atoms with van der Waals surface area (Å²) in [6.07, 6.45) is 5.32. The van der Waals surface area contributed by atoms with E-state index < -0.39 is 0 Å². The summed E-state index contributed by atoms with van der Waals surface area (Å²) in [5, 5.41) is 4.15. The van der Waals surface area contributed by atoms with Crippen molar-refractivity contribution < 1.29 is 0 Å². The van der Waals surface area contributed by atoms with Crippen LogP contribution >= 0.6 is 0 Å². The molecule has 6 heteroatoms. The van der Waals surface area contributed by atoms with Crippen LogP contribution in [0.2, 0.25) is 0 Å². The SMILES string of the molecule is Cc1nccc(C(CCc2ccnn2C)NN)n1. The molecule has 2 rings (SSSR count). The Hall–Kier alpha value is -1.79. The van der Waals surface area contributed by atoms with Gasteiger partial charge in [0.2, 0.25) is 0 Å². The van der Waals surface area contributed by atoms with E-state index in [1.807, 2.05) is 30.8 Å². The van der Waals surface area contributed by atoms with Crippen molar-refractivity contribution in [2.24, 2.45) is 12.9 Å². The summed E-state index contributed by atoms with van der Waals surface area (Å²) in [4.78, 5) is 8.48. The Kier molecular flexibility index (Phi) is 4.01. The summed E-state index contributed by atoms with van der Waals surface area (Å²) < 4.78 is 1.87. The van der Waals surface area contributed by atoms with E-state index in [2.05, 4.69) is 20.5 Å². The van der Waals surface area contributed by atoms with Gasteiger partial charge in [-0.1, -0.05) is 0 Å². The van der Waals surface area contributed by atoms with Gasteiger partial charge in [-0.2, -0.15) is 5.10 Å². The van der Waals surface area contributed by atoms with Crippen molar-refractivity contribution in [3.05, 3.63) is 41.7 Å². The average Bonchev–Trinajstić information content (AvgIpc) is 2.76. The number of aromatic nitrogens is 4. The molecule has 0 aromatic carbocycles. The number of hydrazine groups is 1. The minimum Gasteiger partial charge on any atom is -0.273 e. The van der Waals surface area contributed by atoms with Crippen molar-refractivity contribution in [3.8, 4) is 0 Å². The molecule has 18 heavy (non-hydrogen) atoms. The topological polar surface area (TPSA) is 81.7 Å². The van der Waals surface area contributed by atoms with E-state index >= 15 is 0 Å². The third-order valence-corrected chi connectivity index (χ3v) is 2.97. The number of nitrogens with one attached hydrogen (secondary N) is 1. The van der Waals surface area contributed by atoms with E-state index in [0.29, 0.717) is 0 Å². The highest BCUT2D eigenvalue weighted by molar-refractivity contribution is 5.08. The molecular weight excluding hydrogens is 228 g/mol. The lowest BCUT2D eigenvalue weighted by Gasteiger charge is -2.15. The van der Waals surface area contributed by atoms with Gasteiger partial charge < -0.3 is 0 Å². The summed E-state index contributed by atoms with van der Waals surface area (Å²) in [5.41, 5.74) is 4.91. The average molecular weight is 246 g/mol. The molecule has 0 amide bonds. The molecular formula is C12H18N6. The second-order valence-electron chi connectivity index (χ2n) is 4.23. The van der Waals surface area contributed by atoms with Gasteiger partial charge in [0.1, 0.15) is 5.82 Å². The summed E-state index contributed by atoms with van der Waals surface area (Å²) >= 11 is 0. The van der Waals surface area contributed by atoms with E-state index in [1.54, 1.807) is 12.4 Å². The predicted octanol–water partition coefficient (Wildman–Crippen LogP) is 0.656. The molecule has 0 bridgehead atoms. The molecule has 1 unspecified atom stereocenters. The highest BCUT2D eigenvalue weighted by Gasteiger charge is 2.12. The van der Waals surface area contributed by atoms with Crippen molar-refractivity contribution in [1.29, 1.82) is 0 Å². The van der Waals surface area contributed by atoms with Crippen LogP contribution in [-0.2, 0) is 13.5 Å². The Morgan fingerprint density at radius 3 is 2.83 bits per heavy atom. The van der Waals surface area contributed by atoms with E-state index in [4.69, 9.17) is 5.84 Å². The van der Waals surface area contributed by atoms with Crippen molar-refractivity contribution >= 4 is 0 Å². The maximum Gasteiger partial charge on any atom is 0.125 e. The molecule has 0 spiro atoms. The van der Waals surface area contributed by atoms with E-state index in [9.17, 15) is 0 Å². The Bertz CT molecular complexity index is 507. The molecule has 1 atom stereocenters. The predicted molar refractivity (Wildman–Crippen MR) is 68.4 cm³/mol. The first kappa shape index (κ1) is 12.7. The molecule has 0 aliphatic rings. The molecule has 3 N–H and O–H groups in total. The van der Waals surface area contributed by atoms with Gasteiger partial charge in [-0.15, -0.1) is 0 Å². The second-order valence-corrected chi connectivity index (χ2v) is 4.23. The Balaban J connectivity index is 2.04. The van der Waals surface area contributed by atoms with Crippen molar-refractivity contribution in [3.63, 3.8) is 0 Å². The van der Waals surface area contributed by atoms with Crippen LogP contribution < -0.4 is 11.3 Å². The molecule has 0 aliphatic carbocycles. The quantitative estimate of drug-likeness (QED) is 0.598. The Morgan fingerprint density at radius 1 is 1.39 bits per heavy atom. The van der Waals surface area contributed by atoms with E-state index in [1.165, 1.54) is 5.69 Å². The number of rotatable bonds is 5. The number of nitrogens with zero attached hydrogens (tertiary/aromatic N) is 4. The third kappa shape index (κ3) is 2.91. The van der Waals surface area contributed by atoms with Gasteiger partial charge in [-0.3, -0.25) is 16.0 Å². The lowest BCUT2D eigenvalue weighted by molar-refractivity contribution is 0.494. The van der Waals surface area contributed by atoms with Crippen LogP contribution in [0.15, 0.2) is 24.5 Å². The van der Waals surface area contributed by atoms with Gasteiger partial charge in [-0.05, 0) is 31.9 Å². The van der Waals surface area contributed by atoms with Crippen LogP contribution in [0.25, 0.3) is 0 Å². The van der Waals surface area contributed by atoms with Gasteiger partial charge in [0, 0.05) is 25.1 Å². The third-order valence-electron chi connectivity index (χ3n) is 2.97. The standard InChI is InChI=1S/C12H18N6/c1-9-14-7-6-11(16-9)12(17-13)4-3-10-5-8-15-18(10)2/h5-8,12,17H,3-4,13H2,1-2H3. The lowest BCUT2D eigenvalue weighted by Crippen LogP contribution is -2.29. The number of aryl methyl sites for hydroxylation is 3. The number of nitrogens with two attached hydrogens (primary N) is 1. The van der Waals surface area contributed by atoms with Gasteiger partial charge in [0.15, 0.2) is 0 Å². The summed E-state index contributed by atoms with van der Waals surface area (Å²) in [5.74, 6) is 6.36. The maximum absolute atomic E-state index is 5.60. The van der Waals surface area contributed by atoms with Crippen LogP contribution in [-0.4, -0.2) is 19.7 Å². The zero-order chi connectivity index (χ0) is 13.0. The van der Waals surface area contributed by atoms with Crippen molar-refractivity contribution in [1.82, 2.24) is 25.2 Å². The van der Waals surface area contributed by atoms with Crippen LogP contribution in [0.1, 0.15) is 29.7 Å². The molecule has 0 aliphatic heterocycles. The molecule has 0 fully saturated rings. The summed E-state index contributed by atoms with van der Waals surface area (Å²) in [6.45, 7) is 1.87. The van der Waals surface area contributed by atoms with Crippen LogP contribution in [0, 0.1) is 6.92 Å². The largest absolute Gasteiger partial charge is 0.273 e. The molecule has 0 radical (unpaired) electrons. The zero-order valence-corrected chi connectivity index (χ0v) is 10.7. The highest BCUT2D eigenvalue weighted by atomic mass is 15.3. The van der Waals surface area contributed by atoms with Gasteiger partial charge in [0.05, 0.1) is 11.7 Å². The number of hydrogen-bond acceptors (Lipinski definition) is 5. The van der Waals surface area contributed by atoms with Crippen LogP contribution in [0.3, 0.4) is 0 Å². The fourth-order valence-corrected chi connectivity index (χ4v) is 1.92. The fourth-order valence-electron chi connectivity index (χ4n) is 1.92. The van der Waals surface area contributed by atoms with Gasteiger partial charge >= 0.3 is 0 Å². The molecule has 2 aromatic rings. The molecule has 0 saturated heterocycles. The second kappa shape index (κ2) is 5.70. The minimum atomic E-state index is 0.0293. The first-order chi connectivity index (χ1) is 8.70. The van der Waals surface area contributed by atoms with Crippen LogP contribution in [0.4, 0.5) is 0 Å². The molecule has 2 heterocycles. The molecule has 2 aromatic heterocycles. The first-order valence-corrected chi connectivity index (χ1v) is 5.93. The van der Waals surface area contributed by atoms with E-state index in [-0.39, 0.29) is 6.04 Å². The highest BCUT2D eigenvalue weighted by Crippen LogP contribution is 2.16. The molecule has 96 valence electrons. The molecule has 6 nitrogen and oxygen atoms in total. The maximum atomic E-state index is 5.60. The summed E-state index contributed by atoms with van der Waals surface area (Å²) in [7, 11) is 1.94. The number of hydrogen-bond donors (Lipinski definition) is 2. The van der Waals surface area contributed by atoms with Gasteiger partial charge in [0.25, 0.3) is 0 Å². The lowest BCUT2D eigenvalue weighted by atomic mass is 10.1. The Morgan fingerprint density at radius 2 is 2.22 bits per heavy atom. The fraction of sp³-hybridized carbons (Fsp3) is 0.417. The van der Waals surface area contributed by atoms with E-state index in [0.717, 1.165) is 24.4 Å². The van der Waals surface area contributed by atoms with Crippen LogP contribution in [0.5, 0.6) is 0 Å². The van der Waals surface area contributed by atoms with Crippen molar-refractivity contribution in [2.75, 3.05) is 0 Å². The monoisotopic (exact) mass is 246 g/mol. The molecule has 0 saturated carbocycles. The first-order valence-electron chi connectivity index (χ1n) is 5.93. The smallest absolute Gasteiger partial charge is 0.125 e. The Labute approximate surface area is 106 Å². The van der Waals surface area contributed by atoms with Gasteiger partial charge in [-0.25, -0.2) is 9.97 Å². The van der Waals surface area contributed by atoms with Crippen molar-refractivity contribution in [2.45, 2.75) is 25.8 Å². The normalized spacial score (nSPS) is 12.6.